The average Bonchev–Trinajstić information content (AvgIpc) is 2.26. The fourth-order valence-corrected chi connectivity index (χ4v) is 2.54. The van der Waals surface area contributed by atoms with Crippen LogP contribution in [0.5, 0.6) is 0 Å². The van der Waals surface area contributed by atoms with Gasteiger partial charge in [-0.1, -0.05) is 0 Å². The molecule has 1 aromatic rings. The molecule has 0 amide bonds. The Balaban J connectivity index is 2.25. The molecule has 19 heavy (non-hydrogen) atoms. The number of likely N-dealkylation sites (tertiary alicyclic amines) is 1. The van der Waals surface area contributed by atoms with Crippen LogP contribution in [0.1, 0.15) is 18.5 Å². The molecule has 0 spiro atoms. The zero-order valence-corrected chi connectivity index (χ0v) is 11.6. The Morgan fingerprint density at radius 2 is 2.26 bits per heavy atom. The number of anilines is 1. The molecule has 0 radical (unpaired) electrons. The van der Waals surface area contributed by atoms with E-state index >= 15 is 0 Å². The van der Waals surface area contributed by atoms with Crippen LogP contribution in [0.3, 0.4) is 0 Å². The zero-order chi connectivity index (χ0) is 14.0. The predicted octanol–water partition coefficient (Wildman–Crippen LogP) is 1.85. The van der Waals surface area contributed by atoms with Gasteiger partial charge in [0.2, 0.25) is 11.1 Å². The summed E-state index contributed by atoms with van der Waals surface area (Å²) < 4.78 is 0. The van der Waals surface area contributed by atoms with Crippen molar-refractivity contribution in [2.24, 2.45) is 0 Å². The third-order valence-electron chi connectivity index (χ3n) is 3.18. The number of nitro groups is 1. The topological polar surface area (TPSA) is 84.2 Å². The number of aryl methyl sites for hydroxylation is 1. The molecule has 0 bridgehead atoms. The van der Waals surface area contributed by atoms with Gasteiger partial charge >= 0.3 is 5.69 Å². The lowest BCUT2D eigenvalue weighted by molar-refractivity contribution is -0.385. The largest absolute Gasteiger partial charge is 0.360 e. The van der Waals surface area contributed by atoms with Crippen LogP contribution in [0, 0.1) is 17.0 Å². The molecule has 1 atom stereocenters. The lowest BCUT2D eigenvalue weighted by atomic mass is 10.1. The van der Waals surface area contributed by atoms with Crippen molar-refractivity contribution in [2.45, 2.75) is 25.8 Å². The fourth-order valence-electron chi connectivity index (χ4n) is 2.33. The maximum absolute atomic E-state index is 11.1. The average molecular weight is 286 g/mol. The number of piperidine rings is 1. The Morgan fingerprint density at radius 3 is 2.89 bits per heavy atom. The van der Waals surface area contributed by atoms with Crippen LogP contribution in [-0.2, 0) is 0 Å². The van der Waals surface area contributed by atoms with Crippen LogP contribution >= 0.6 is 11.6 Å². The van der Waals surface area contributed by atoms with Crippen molar-refractivity contribution in [2.75, 3.05) is 25.5 Å². The van der Waals surface area contributed by atoms with Gasteiger partial charge in [-0.2, -0.15) is 4.98 Å². The molecule has 1 fully saturated rings. The van der Waals surface area contributed by atoms with Gasteiger partial charge < -0.3 is 10.2 Å². The SMILES string of the molecule is Cc1nc(Cl)nc(NC2CCCN(C)C2)c1[N+](=O)[O-]. The van der Waals surface area contributed by atoms with E-state index in [9.17, 15) is 10.1 Å². The molecule has 1 N–H and O–H groups in total. The first-order chi connectivity index (χ1) is 8.97. The molecular weight excluding hydrogens is 270 g/mol. The summed E-state index contributed by atoms with van der Waals surface area (Å²) in [6.45, 7) is 3.44. The van der Waals surface area contributed by atoms with Crippen LogP contribution in [-0.4, -0.2) is 46.0 Å². The van der Waals surface area contributed by atoms with E-state index in [2.05, 4.69) is 20.2 Å². The van der Waals surface area contributed by atoms with Gasteiger partial charge in [0, 0.05) is 12.6 Å². The molecule has 1 aliphatic heterocycles. The van der Waals surface area contributed by atoms with E-state index in [1.165, 1.54) is 0 Å². The quantitative estimate of drug-likeness (QED) is 0.518. The number of hydrogen-bond donors (Lipinski definition) is 1. The lowest BCUT2D eigenvalue weighted by Gasteiger charge is -2.30. The summed E-state index contributed by atoms with van der Waals surface area (Å²) >= 11 is 5.78. The smallest absolute Gasteiger partial charge is 0.332 e. The van der Waals surface area contributed by atoms with Crippen molar-refractivity contribution < 1.29 is 4.92 Å². The fraction of sp³-hybridized carbons (Fsp3) is 0.636. The first-order valence-corrected chi connectivity index (χ1v) is 6.48. The number of hydrogen-bond acceptors (Lipinski definition) is 6. The molecule has 1 unspecified atom stereocenters. The van der Waals surface area contributed by atoms with Crippen molar-refractivity contribution in [3.8, 4) is 0 Å². The number of nitrogens with one attached hydrogen (secondary N) is 1. The van der Waals surface area contributed by atoms with Crippen LogP contribution in [0.15, 0.2) is 0 Å². The Bertz CT molecular complexity index is 496. The third kappa shape index (κ3) is 3.30. The number of aromatic nitrogens is 2. The monoisotopic (exact) mass is 285 g/mol. The molecule has 8 heteroatoms. The van der Waals surface area contributed by atoms with Crippen molar-refractivity contribution in [1.29, 1.82) is 0 Å². The Morgan fingerprint density at radius 1 is 1.53 bits per heavy atom. The van der Waals surface area contributed by atoms with Gasteiger partial charge in [-0.15, -0.1) is 0 Å². The Hall–Kier alpha value is -1.47. The van der Waals surface area contributed by atoms with E-state index < -0.39 is 4.92 Å². The number of rotatable bonds is 3. The Kier molecular flexibility index (Phi) is 4.16. The second-order valence-corrected chi connectivity index (χ2v) is 5.12. The number of likely N-dealkylation sites (N-methyl/N-ethyl adjacent to an activating group) is 1. The maximum Gasteiger partial charge on any atom is 0.332 e. The molecule has 7 nitrogen and oxygen atoms in total. The molecular formula is C11H16ClN5O2. The molecule has 2 heterocycles. The minimum Gasteiger partial charge on any atom is -0.360 e. The maximum atomic E-state index is 11.1. The molecule has 0 aliphatic carbocycles. The van der Waals surface area contributed by atoms with Crippen LogP contribution < -0.4 is 5.32 Å². The molecule has 1 aliphatic rings. The van der Waals surface area contributed by atoms with Gasteiger partial charge in [-0.25, -0.2) is 4.98 Å². The molecule has 1 aromatic heterocycles. The van der Waals surface area contributed by atoms with Crippen molar-refractivity contribution in [1.82, 2.24) is 14.9 Å². The molecule has 1 saturated heterocycles. The predicted molar refractivity (Wildman–Crippen MR) is 72.6 cm³/mol. The number of halogens is 1. The standard InChI is InChI=1S/C11H16ClN5O2/c1-7-9(17(18)19)10(15-11(12)13-7)14-8-4-3-5-16(2)6-8/h8H,3-6H2,1-2H3,(H,13,14,15). The first-order valence-electron chi connectivity index (χ1n) is 6.11. The molecule has 104 valence electrons. The van der Waals surface area contributed by atoms with E-state index in [1.807, 2.05) is 7.05 Å². The second-order valence-electron chi connectivity index (χ2n) is 4.78. The minimum absolute atomic E-state index is 0.0229. The highest BCUT2D eigenvalue weighted by Crippen LogP contribution is 2.28. The van der Waals surface area contributed by atoms with Gasteiger partial charge in [0.05, 0.1) is 4.92 Å². The summed E-state index contributed by atoms with van der Waals surface area (Å²) in [5.74, 6) is 0.211. The highest BCUT2D eigenvalue weighted by Gasteiger charge is 2.25. The summed E-state index contributed by atoms with van der Waals surface area (Å²) in [6, 6.07) is 0.141. The van der Waals surface area contributed by atoms with Gasteiger partial charge in [0.1, 0.15) is 5.69 Å². The van der Waals surface area contributed by atoms with Crippen molar-refractivity contribution in [3.05, 3.63) is 21.1 Å². The summed E-state index contributed by atoms with van der Waals surface area (Å²) in [5, 5.41) is 14.2. The van der Waals surface area contributed by atoms with E-state index in [1.54, 1.807) is 6.92 Å². The normalized spacial score (nSPS) is 20.3. The molecule has 0 saturated carbocycles. The highest BCUT2D eigenvalue weighted by molar-refractivity contribution is 6.28. The summed E-state index contributed by atoms with van der Waals surface area (Å²) in [7, 11) is 2.03. The summed E-state index contributed by atoms with van der Waals surface area (Å²) in [5.41, 5.74) is 0.175. The van der Waals surface area contributed by atoms with Crippen molar-refractivity contribution >= 4 is 23.1 Å². The van der Waals surface area contributed by atoms with Crippen LogP contribution in [0.4, 0.5) is 11.5 Å². The van der Waals surface area contributed by atoms with Gasteiger partial charge in [0.15, 0.2) is 0 Å². The summed E-state index contributed by atoms with van der Waals surface area (Å²) in [6.07, 6.45) is 2.02. The third-order valence-corrected chi connectivity index (χ3v) is 3.35. The van der Waals surface area contributed by atoms with Gasteiger partial charge in [-0.3, -0.25) is 10.1 Å². The van der Waals surface area contributed by atoms with E-state index in [-0.39, 0.29) is 28.5 Å². The van der Waals surface area contributed by atoms with E-state index in [4.69, 9.17) is 11.6 Å². The minimum atomic E-state index is -0.472. The zero-order valence-electron chi connectivity index (χ0n) is 10.9. The van der Waals surface area contributed by atoms with Gasteiger partial charge in [-0.05, 0) is 45.0 Å². The van der Waals surface area contributed by atoms with Gasteiger partial charge in [0.25, 0.3) is 0 Å². The van der Waals surface area contributed by atoms with Crippen LogP contribution in [0.25, 0.3) is 0 Å². The van der Waals surface area contributed by atoms with E-state index in [0.29, 0.717) is 0 Å². The lowest BCUT2D eigenvalue weighted by Crippen LogP contribution is -2.40. The molecule has 0 aromatic carbocycles. The second kappa shape index (κ2) is 5.66. The molecule has 2 rings (SSSR count). The number of nitrogens with zero attached hydrogens (tertiary/aromatic N) is 4. The first kappa shape index (κ1) is 14.0. The summed E-state index contributed by atoms with van der Waals surface area (Å²) in [4.78, 5) is 20.6. The van der Waals surface area contributed by atoms with E-state index in [0.717, 1.165) is 25.9 Å². The highest BCUT2D eigenvalue weighted by atomic mass is 35.5. The van der Waals surface area contributed by atoms with Crippen molar-refractivity contribution in [3.63, 3.8) is 0 Å². The Labute approximate surface area is 116 Å². The van der Waals surface area contributed by atoms with Crippen LogP contribution in [0.2, 0.25) is 5.28 Å².